The molecule has 0 unspecified atom stereocenters. The van der Waals surface area contributed by atoms with E-state index in [0.29, 0.717) is 18.4 Å². The van der Waals surface area contributed by atoms with Crippen molar-refractivity contribution in [2.24, 2.45) is 0 Å². The first-order valence-electron chi connectivity index (χ1n) is 13.7. The fourth-order valence-corrected chi connectivity index (χ4v) is 8.18. The number of carbonyl (C=O) groups is 2. The Hall–Kier alpha value is -3.59. The quantitative estimate of drug-likeness (QED) is 0.400. The lowest BCUT2D eigenvalue weighted by molar-refractivity contribution is -0.140. The van der Waals surface area contributed by atoms with Crippen molar-refractivity contribution < 1.29 is 22.4 Å². The molecule has 1 N–H and O–H groups in total. The molecule has 2 saturated carbocycles. The molecule has 3 heterocycles. The van der Waals surface area contributed by atoms with Gasteiger partial charge < -0.3 is 10.2 Å². The van der Waals surface area contributed by atoms with Crippen LogP contribution < -0.4 is 5.32 Å². The number of benzene rings is 1. The topological polar surface area (TPSA) is 133 Å². The fourth-order valence-electron chi connectivity index (χ4n) is 5.79. The van der Waals surface area contributed by atoms with Gasteiger partial charge >= 0.3 is 0 Å². The summed E-state index contributed by atoms with van der Waals surface area (Å²) >= 11 is 12.4. The number of hydrogen-bond acceptors (Lipinski definition) is 7. The molecule has 3 aromatic rings. The summed E-state index contributed by atoms with van der Waals surface area (Å²) in [6.07, 6.45) is 4.17. The van der Waals surface area contributed by atoms with Crippen LogP contribution in [0.5, 0.6) is 0 Å². The number of sulfone groups is 1. The van der Waals surface area contributed by atoms with Gasteiger partial charge in [-0.05, 0) is 68.9 Å². The zero-order valence-electron chi connectivity index (χ0n) is 23.0. The van der Waals surface area contributed by atoms with Gasteiger partial charge in [0.2, 0.25) is 11.8 Å². The van der Waals surface area contributed by atoms with E-state index in [4.69, 9.17) is 23.2 Å². The highest BCUT2D eigenvalue weighted by atomic mass is 35.5. The highest BCUT2D eigenvalue weighted by Gasteiger charge is 2.60. The molecule has 9 nitrogen and oxygen atoms in total. The number of nitriles is 1. The molecular formula is C30H26Cl2FN5O4S. The zero-order chi connectivity index (χ0) is 30.7. The van der Waals surface area contributed by atoms with Crippen LogP contribution in [0.15, 0.2) is 53.7 Å². The van der Waals surface area contributed by atoms with E-state index >= 15 is 0 Å². The van der Waals surface area contributed by atoms with Gasteiger partial charge in [-0.25, -0.2) is 12.8 Å². The van der Waals surface area contributed by atoms with E-state index in [1.54, 1.807) is 24.4 Å². The summed E-state index contributed by atoms with van der Waals surface area (Å²) in [5.74, 6) is -1.96. The molecule has 2 amide bonds. The van der Waals surface area contributed by atoms with Gasteiger partial charge in [0.25, 0.3) is 0 Å². The summed E-state index contributed by atoms with van der Waals surface area (Å²) in [4.78, 5) is 37.0. The lowest BCUT2D eigenvalue weighted by atomic mass is 9.98. The Morgan fingerprint density at radius 3 is 2.49 bits per heavy atom. The van der Waals surface area contributed by atoms with Crippen molar-refractivity contribution in [1.29, 1.82) is 5.26 Å². The summed E-state index contributed by atoms with van der Waals surface area (Å²) in [6.45, 7) is 1.52. The second-order valence-electron chi connectivity index (χ2n) is 11.4. The number of carbonyl (C=O) groups excluding carboxylic acids is 2. The van der Waals surface area contributed by atoms with Crippen molar-refractivity contribution in [2.45, 2.75) is 66.2 Å². The predicted octanol–water partition coefficient (Wildman–Crippen LogP) is 4.55. The van der Waals surface area contributed by atoms with Crippen LogP contribution in [-0.2, 0) is 24.8 Å². The minimum atomic E-state index is -4.14. The molecule has 222 valence electrons. The van der Waals surface area contributed by atoms with Crippen LogP contribution in [0, 0.1) is 24.1 Å². The second kappa shape index (κ2) is 10.5. The number of aromatic nitrogens is 2. The Bertz CT molecular complexity index is 1820. The van der Waals surface area contributed by atoms with Crippen molar-refractivity contribution >= 4 is 44.9 Å². The van der Waals surface area contributed by atoms with E-state index in [1.165, 1.54) is 17.2 Å². The van der Waals surface area contributed by atoms with Crippen LogP contribution in [0.1, 0.15) is 43.5 Å². The van der Waals surface area contributed by atoms with E-state index < -0.39 is 49.7 Å². The Balaban J connectivity index is 1.33. The van der Waals surface area contributed by atoms with Crippen molar-refractivity contribution in [3.8, 4) is 17.2 Å². The number of rotatable bonds is 7. The van der Waals surface area contributed by atoms with Crippen LogP contribution in [0.3, 0.4) is 0 Å². The summed E-state index contributed by atoms with van der Waals surface area (Å²) < 4.78 is 42.9. The summed E-state index contributed by atoms with van der Waals surface area (Å²) in [5.41, 5.74) is -0.222. The zero-order valence-corrected chi connectivity index (χ0v) is 25.3. The van der Waals surface area contributed by atoms with Gasteiger partial charge in [0.15, 0.2) is 9.84 Å². The molecule has 3 aliphatic rings. The number of hydrogen-bond donors (Lipinski definition) is 1. The van der Waals surface area contributed by atoms with E-state index in [0.717, 1.165) is 17.3 Å². The van der Waals surface area contributed by atoms with Gasteiger partial charge in [-0.2, -0.15) is 5.26 Å². The van der Waals surface area contributed by atoms with E-state index in [2.05, 4.69) is 21.4 Å². The predicted molar refractivity (Wildman–Crippen MR) is 156 cm³/mol. The lowest BCUT2D eigenvalue weighted by Gasteiger charge is -2.28. The summed E-state index contributed by atoms with van der Waals surface area (Å²) in [7, 11) is -4.14. The number of pyridine rings is 2. The van der Waals surface area contributed by atoms with Crippen LogP contribution in [0.25, 0.3) is 11.1 Å². The second-order valence-corrected chi connectivity index (χ2v) is 14.4. The minimum absolute atomic E-state index is 0.000886. The van der Waals surface area contributed by atoms with Gasteiger partial charge in [-0.3, -0.25) is 19.6 Å². The van der Waals surface area contributed by atoms with Crippen molar-refractivity contribution in [2.75, 3.05) is 6.54 Å². The lowest BCUT2D eigenvalue weighted by Crippen LogP contribution is -2.52. The molecule has 1 aromatic carbocycles. The van der Waals surface area contributed by atoms with Crippen LogP contribution in [0.4, 0.5) is 4.39 Å². The molecular weight excluding hydrogens is 616 g/mol. The maximum Gasteiger partial charge on any atom is 0.244 e. The van der Waals surface area contributed by atoms with Crippen LogP contribution in [-0.4, -0.2) is 58.5 Å². The minimum Gasteiger partial charge on any atom is -0.336 e. The molecule has 0 spiro atoms. The third-order valence-corrected chi connectivity index (χ3v) is 11.4. The molecule has 0 radical (unpaired) electrons. The fraction of sp³-hybridized carbons (Fsp3) is 0.367. The number of amides is 2. The Morgan fingerprint density at radius 1 is 1.14 bits per heavy atom. The Labute approximate surface area is 257 Å². The van der Waals surface area contributed by atoms with Gasteiger partial charge in [0, 0.05) is 30.2 Å². The molecule has 0 bridgehead atoms. The molecule has 1 saturated heterocycles. The van der Waals surface area contributed by atoms with Gasteiger partial charge in [0.1, 0.15) is 17.4 Å². The third-order valence-electron chi connectivity index (χ3n) is 8.57. The van der Waals surface area contributed by atoms with Crippen LogP contribution >= 0.6 is 23.2 Å². The number of halogens is 3. The SMILES string of the molecule is Cc1ncccc1-c1ccc(S(=O)(=O)[C@@H]2C[C@@H](C(=O)NC3(C#N)CC3)N(C(=O)C3(c4ncc(Cl)cc4F)CC3)C2)c(Cl)c1. The largest absolute Gasteiger partial charge is 0.336 e. The average molecular weight is 643 g/mol. The summed E-state index contributed by atoms with van der Waals surface area (Å²) in [6, 6.07) is 10.2. The van der Waals surface area contributed by atoms with Crippen molar-refractivity contribution in [3.05, 3.63) is 76.0 Å². The molecule has 2 aromatic heterocycles. The molecule has 13 heteroatoms. The monoisotopic (exact) mass is 641 g/mol. The molecule has 1 aliphatic heterocycles. The third kappa shape index (κ3) is 5.15. The smallest absolute Gasteiger partial charge is 0.244 e. The number of likely N-dealkylation sites (tertiary alicyclic amines) is 1. The first-order valence-corrected chi connectivity index (χ1v) is 16.0. The summed E-state index contributed by atoms with van der Waals surface area (Å²) in [5, 5.41) is 11.1. The normalized spacial score (nSPS) is 21.6. The number of nitrogens with one attached hydrogen (secondary N) is 1. The number of nitrogens with zero attached hydrogens (tertiary/aromatic N) is 4. The van der Waals surface area contributed by atoms with E-state index in [1.807, 2.05) is 13.0 Å². The molecule has 2 aliphatic carbocycles. The Kier molecular flexibility index (Phi) is 7.23. The molecule has 2 atom stereocenters. The first-order chi connectivity index (χ1) is 20.4. The van der Waals surface area contributed by atoms with Gasteiger partial charge in [-0.1, -0.05) is 35.3 Å². The average Bonchev–Trinajstić information content (AvgIpc) is 3.89. The maximum atomic E-state index is 14.9. The van der Waals surface area contributed by atoms with Crippen LogP contribution in [0.2, 0.25) is 10.0 Å². The molecule has 43 heavy (non-hydrogen) atoms. The van der Waals surface area contributed by atoms with E-state index in [-0.39, 0.29) is 46.4 Å². The van der Waals surface area contributed by atoms with Gasteiger partial charge in [0.05, 0.1) is 37.4 Å². The molecule has 3 fully saturated rings. The number of aryl methyl sites for hydroxylation is 1. The highest BCUT2D eigenvalue weighted by Crippen LogP contribution is 2.51. The van der Waals surface area contributed by atoms with Crippen molar-refractivity contribution in [1.82, 2.24) is 20.2 Å². The van der Waals surface area contributed by atoms with E-state index in [9.17, 15) is 27.7 Å². The first kappa shape index (κ1) is 29.5. The Morgan fingerprint density at radius 2 is 1.88 bits per heavy atom. The van der Waals surface area contributed by atoms with Gasteiger partial charge in [-0.15, -0.1) is 0 Å². The van der Waals surface area contributed by atoms with Crippen molar-refractivity contribution in [3.63, 3.8) is 0 Å². The highest BCUT2D eigenvalue weighted by molar-refractivity contribution is 7.92. The standard InChI is InChI=1S/C30H26Cl2FN5O4S/c1-17-21(3-2-10-35-17)18-4-5-25(22(32)11-18)43(41,42)20-13-24(27(39)37-29(16-34)6-7-29)38(15-20)28(40)30(8-9-30)26-23(33)12-19(31)14-36-26/h2-5,10-12,14,20,24H,6-9,13,15H2,1H3,(H,37,39)/t20-,24+/m1/s1. The maximum absolute atomic E-state index is 14.9. The molecule has 6 rings (SSSR count).